The van der Waals surface area contributed by atoms with Gasteiger partial charge < -0.3 is 16.0 Å². The highest BCUT2D eigenvalue weighted by atomic mass is 16.2. The number of hydrogen-bond donors (Lipinski definition) is 3. The Morgan fingerprint density at radius 1 is 1.21 bits per heavy atom. The van der Waals surface area contributed by atoms with E-state index in [0.717, 1.165) is 44.5 Å². The van der Waals surface area contributed by atoms with Crippen molar-refractivity contribution >= 4 is 17.3 Å². The molecule has 0 saturated carbocycles. The first kappa shape index (κ1) is 12.5. The van der Waals surface area contributed by atoms with Gasteiger partial charge in [-0.25, -0.2) is 0 Å². The molecule has 0 radical (unpaired) electrons. The fraction of sp³-hybridized carbons (Fsp3) is 0.533. The number of benzene rings is 1. The standard InChI is InChI=1S/C15H21N3O/c19-15(14-5-1-2-8-17-14)18-12-6-7-13-11(10-12)4-3-9-16-13/h6-7,10,14,16-17H,1-5,8-9H2,(H,18,19). The molecular formula is C15H21N3O. The number of piperidine rings is 1. The molecule has 0 aliphatic carbocycles. The molecule has 2 aliphatic rings. The van der Waals surface area contributed by atoms with Crippen molar-refractivity contribution in [3.63, 3.8) is 0 Å². The molecule has 3 N–H and O–H groups in total. The van der Waals surface area contributed by atoms with E-state index in [4.69, 9.17) is 0 Å². The quantitative estimate of drug-likeness (QED) is 0.762. The molecule has 1 fully saturated rings. The Balaban J connectivity index is 1.67. The summed E-state index contributed by atoms with van der Waals surface area (Å²) in [6.45, 7) is 2.00. The molecule has 0 aromatic heterocycles. The lowest BCUT2D eigenvalue weighted by Gasteiger charge is -2.23. The second-order valence-corrected chi connectivity index (χ2v) is 5.39. The molecule has 3 rings (SSSR count). The Kier molecular flexibility index (Phi) is 3.69. The third-order valence-electron chi connectivity index (χ3n) is 3.94. The van der Waals surface area contributed by atoms with Crippen molar-refractivity contribution in [1.82, 2.24) is 5.32 Å². The van der Waals surface area contributed by atoms with E-state index in [1.807, 2.05) is 6.07 Å². The van der Waals surface area contributed by atoms with Crippen LogP contribution in [0.4, 0.5) is 11.4 Å². The fourth-order valence-electron chi connectivity index (χ4n) is 2.86. The molecule has 1 unspecified atom stereocenters. The minimum absolute atomic E-state index is 0.0251. The van der Waals surface area contributed by atoms with Gasteiger partial charge in [0.05, 0.1) is 6.04 Å². The van der Waals surface area contributed by atoms with Gasteiger partial charge in [0.25, 0.3) is 0 Å². The summed E-state index contributed by atoms with van der Waals surface area (Å²) in [4.78, 5) is 12.1. The average molecular weight is 259 g/mol. The van der Waals surface area contributed by atoms with Crippen molar-refractivity contribution in [2.75, 3.05) is 23.7 Å². The van der Waals surface area contributed by atoms with Crippen molar-refractivity contribution in [3.05, 3.63) is 23.8 Å². The molecule has 1 amide bonds. The number of carbonyl (C=O) groups is 1. The van der Waals surface area contributed by atoms with E-state index in [1.165, 1.54) is 17.7 Å². The van der Waals surface area contributed by atoms with Crippen LogP contribution in [0.5, 0.6) is 0 Å². The summed E-state index contributed by atoms with van der Waals surface area (Å²) >= 11 is 0. The van der Waals surface area contributed by atoms with Gasteiger partial charge in [-0.1, -0.05) is 6.42 Å². The minimum atomic E-state index is -0.0251. The van der Waals surface area contributed by atoms with Crippen molar-refractivity contribution in [3.8, 4) is 0 Å². The number of amides is 1. The Hall–Kier alpha value is -1.55. The molecular weight excluding hydrogens is 238 g/mol. The van der Waals surface area contributed by atoms with E-state index in [-0.39, 0.29) is 11.9 Å². The first-order chi connectivity index (χ1) is 9.33. The number of anilines is 2. The smallest absolute Gasteiger partial charge is 0.241 e. The Labute approximate surface area is 114 Å². The molecule has 1 aromatic carbocycles. The number of nitrogens with one attached hydrogen (secondary N) is 3. The molecule has 4 heteroatoms. The van der Waals surface area contributed by atoms with E-state index in [9.17, 15) is 4.79 Å². The van der Waals surface area contributed by atoms with E-state index >= 15 is 0 Å². The van der Waals surface area contributed by atoms with Crippen LogP contribution in [0.2, 0.25) is 0 Å². The summed E-state index contributed by atoms with van der Waals surface area (Å²) in [5.74, 6) is 0.100. The molecule has 1 aromatic rings. The topological polar surface area (TPSA) is 53.2 Å². The van der Waals surface area contributed by atoms with E-state index in [2.05, 4.69) is 28.1 Å². The molecule has 2 heterocycles. The van der Waals surface area contributed by atoms with Gasteiger partial charge in [0.1, 0.15) is 0 Å². The normalized spacial score (nSPS) is 22.2. The molecule has 0 spiro atoms. The van der Waals surface area contributed by atoms with Crippen LogP contribution in [0, 0.1) is 0 Å². The predicted molar refractivity (Wildman–Crippen MR) is 77.5 cm³/mol. The van der Waals surface area contributed by atoms with Crippen LogP contribution in [0.3, 0.4) is 0 Å². The van der Waals surface area contributed by atoms with Gasteiger partial charge in [-0.3, -0.25) is 4.79 Å². The first-order valence-corrected chi connectivity index (χ1v) is 7.24. The maximum atomic E-state index is 12.1. The zero-order chi connectivity index (χ0) is 13.1. The summed E-state index contributed by atoms with van der Waals surface area (Å²) in [6, 6.07) is 6.13. The van der Waals surface area contributed by atoms with Crippen LogP contribution in [0.25, 0.3) is 0 Å². The van der Waals surface area contributed by atoms with Gasteiger partial charge in [0.2, 0.25) is 5.91 Å². The van der Waals surface area contributed by atoms with Crippen LogP contribution >= 0.6 is 0 Å². The summed E-state index contributed by atoms with van der Waals surface area (Å²) < 4.78 is 0. The zero-order valence-electron chi connectivity index (χ0n) is 11.2. The summed E-state index contributed by atoms with van der Waals surface area (Å²) in [6.07, 6.45) is 5.51. The monoisotopic (exact) mass is 259 g/mol. The van der Waals surface area contributed by atoms with Crippen molar-refractivity contribution in [1.29, 1.82) is 0 Å². The van der Waals surface area contributed by atoms with E-state index in [0.29, 0.717) is 0 Å². The van der Waals surface area contributed by atoms with Crippen LogP contribution in [-0.4, -0.2) is 25.0 Å². The molecule has 1 saturated heterocycles. The molecule has 1 atom stereocenters. The van der Waals surface area contributed by atoms with Crippen molar-refractivity contribution in [2.45, 2.75) is 38.1 Å². The Morgan fingerprint density at radius 2 is 2.16 bits per heavy atom. The van der Waals surface area contributed by atoms with Crippen LogP contribution in [0.1, 0.15) is 31.2 Å². The lowest BCUT2D eigenvalue weighted by molar-refractivity contribution is -0.118. The fourth-order valence-corrected chi connectivity index (χ4v) is 2.86. The van der Waals surface area contributed by atoms with Crippen LogP contribution in [-0.2, 0) is 11.2 Å². The maximum Gasteiger partial charge on any atom is 0.241 e. The number of aryl methyl sites for hydroxylation is 1. The highest BCUT2D eigenvalue weighted by Crippen LogP contribution is 2.25. The maximum absolute atomic E-state index is 12.1. The van der Waals surface area contributed by atoms with Gasteiger partial charge in [-0.2, -0.15) is 0 Å². The predicted octanol–water partition coefficient (Wildman–Crippen LogP) is 2.13. The number of rotatable bonds is 2. The lowest BCUT2D eigenvalue weighted by Crippen LogP contribution is -2.43. The number of carbonyl (C=O) groups excluding carboxylic acids is 1. The van der Waals surface area contributed by atoms with Crippen molar-refractivity contribution < 1.29 is 4.79 Å². The van der Waals surface area contributed by atoms with Gasteiger partial charge in [0, 0.05) is 17.9 Å². The second kappa shape index (κ2) is 5.61. The average Bonchev–Trinajstić information content (AvgIpc) is 2.48. The van der Waals surface area contributed by atoms with E-state index in [1.54, 1.807) is 0 Å². The third-order valence-corrected chi connectivity index (χ3v) is 3.94. The first-order valence-electron chi connectivity index (χ1n) is 7.24. The molecule has 2 aliphatic heterocycles. The van der Waals surface area contributed by atoms with Crippen molar-refractivity contribution in [2.24, 2.45) is 0 Å². The lowest BCUT2D eigenvalue weighted by atomic mass is 10.0. The summed E-state index contributed by atoms with van der Waals surface area (Å²) in [5, 5.41) is 9.69. The number of fused-ring (bicyclic) bond motifs is 1. The molecule has 102 valence electrons. The molecule has 0 bridgehead atoms. The zero-order valence-corrected chi connectivity index (χ0v) is 11.2. The van der Waals surface area contributed by atoms with E-state index < -0.39 is 0 Å². The van der Waals surface area contributed by atoms with Gasteiger partial charge in [-0.05, 0) is 56.0 Å². The molecule has 4 nitrogen and oxygen atoms in total. The largest absolute Gasteiger partial charge is 0.385 e. The van der Waals surface area contributed by atoms with Gasteiger partial charge in [-0.15, -0.1) is 0 Å². The third kappa shape index (κ3) is 2.89. The SMILES string of the molecule is O=C(Nc1ccc2c(c1)CCCN2)C1CCCCN1. The Morgan fingerprint density at radius 3 is 3.00 bits per heavy atom. The van der Waals surface area contributed by atoms with Gasteiger partial charge >= 0.3 is 0 Å². The summed E-state index contributed by atoms with van der Waals surface area (Å²) in [5.41, 5.74) is 3.43. The summed E-state index contributed by atoms with van der Waals surface area (Å²) in [7, 11) is 0. The van der Waals surface area contributed by atoms with Crippen LogP contribution in [0.15, 0.2) is 18.2 Å². The minimum Gasteiger partial charge on any atom is -0.385 e. The highest BCUT2D eigenvalue weighted by Gasteiger charge is 2.20. The molecule has 19 heavy (non-hydrogen) atoms. The Bertz CT molecular complexity index is 466. The number of hydrogen-bond acceptors (Lipinski definition) is 3. The van der Waals surface area contributed by atoms with Gasteiger partial charge in [0.15, 0.2) is 0 Å². The van der Waals surface area contributed by atoms with Crippen LogP contribution < -0.4 is 16.0 Å². The highest BCUT2D eigenvalue weighted by molar-refractivity contribution is 5.95. The second-order valence-electron chi connectivity index (χ2n) is 5.39.